The van der Waals surface area contributed by atoms with Gasteiger partial charge in [-0.1, -0.05) is 6.92 Å². The molecule has 3 nitrogen and oxygen atoms in total. The van der Waals surface area contributed by atoms with Crippen LogP contribution in [0.15, 0.2) is 0 Å². The summed E-state index contributed by atoms with van der Waals surface area (Å²) in [6.45, 7) is 1.47. The first-order chi connectivity index (χ1) is 8.73. The molecule has 1 aliphatic rings. The number of rotatable bonds is 4. The lowest BCUT2D eigenvalue weighted by Gasteiger charge is -2.40. The molecule has 0 radical (unpaired) electrons. The molecule has 8 heteroatoms. The van der Waals surface area contributed by atoms with Crippen molar-refractivity contribution in [3.63, 3.8) is 0 Å². The maximum Gasteiger partial charge on any atom is 0.383 e. The first kappa shape index (κ1) is 16.2. The van der Waals surface area contributed by atoms with Gasteiger partial charge in [-0.15, -0.1) is 11.6 Å². The van der Waals surface area contributed by atoms with Crippen LogP contribution in [-0.2, 0) is 9.59 Å². The quantitative estimate of drug-likeness (QED) is 0.590. The molecule has 1 amide bonds. The third-order valence-corrected chi connectivity index (χ3v) is 3.48. The zero-order valence-corrected chi connectivity index (χ0v) is 11.0. The second-order valence-corrected chi connectivity index (χ2v) is 4.85. The van der Waals surface area contributed by atoms with Crippen molar-refractivity contribution in [1.29, 1.82) is 0 Å². The van der Waals surface area contributed by atoms with Crippen LogP contribution in [0.4, 0.5) is 17.6 Å². The number of hydrogen-bond acceptors (Lipinski definition) is 2. The highest BCUT2D eigenvalue weighted by atomic mass is 35.5. The molecule has 0 aromatic heterocycles. The van der Waals surface area contributed by atoms with Crippen molar-refractivity contribution in [3.05, 3.63) is 0 Å². The van der Waals surface area contributed by atoms with E-state index in [1.165, 1.54) is 0 Å². The van der Waals surface area contributed by atoms with E-state index in [4.69, 9.17) is 11.6 Å². The molecule has 0 saturated carbocycles. The van der Waals surface area contributed by atoms with Crippen molar-refractivity contribution in [2.45, 2.75) is 38.2 Å². The lowest BCUT2D eigenvalue weighted by atomic mass is 9.88. The van der Waals surface area contributed by atoms with Crippen LogP contribution in [0.25, 0.3) is 0 Å². The summed E-state index contributed by atoms with van der Waals surface area (Å²) in [5, 5.41) is 0. The first-order valence-electron chi connectivity index (χ1n) is 5.79. The highest BCUT2D eigenvalue weighted by Gasteiger charge is 2.53. The number of halogens is 5. The maximum absolute atomic E-state index is 13.1. The largest absolute Gasteiger partial charge is 0.383 e. The fraction of sp³-hybridized carbons (Fsp3) is 0.818. The highest BCUT2D eigenvalue weighted by molar-refractivity contribution is 6.28. The molecule has 2 unspecified atom stereocenters. The van der Waals surface area contributed by atoms with Gasteiger partial charge in [0.25, 0.3) is 5.91 Å². The van der Waals surface area contributed by atoms with E-state index in [0.717, 1.165) is 0 Å². The first-order valence-corrected chi connectivity index (χ1v) is 6.32. The molecule has 19 heavy (non-hydrogen) atoms. The molecule has 0 aliphatic carbocycles. The predicted molar refractivity (Wildman–Crippen MR) is 60.6 cm³/mol. The summed E-state index contributed by atoms with van der Waals surface area (Å²) >= 11 is 5.37. The SMILES string of the molecule is CC1CCCN(C(=O)C(F)(F)C(F)F)C1C(=O)CCl. The second-order valence-electron chi connectivity index (χ2n) is 4.59. The molecule has 1 fully saturated rings. The Balaban J connectivity index is 3.01. The Bertz CT molecular complexity index is 365. The minimum absolute atomic E-state index is 0.140. The maximum atomic E-state index is 13.1. The molecule has 1 aliphatic heterocycles. The van der Waals surface area contributed by atoms with Crippen LogP contribution in [-0.4, -0.2) is 47.4 Å². The Morgan fingerprint density at radius 1 is 1.42 bits per heavy atom. The monoisotopic (exact) mass is 303 g/mol. The Morgan fingerprint density at radius 2 is 2.00 bits per heavy atom. The molecule has 0 N–H and O–H groups in total. The Morgan fingerprint density at radius 3 is 2.47 bits per heavy atom. The van der Waals surface area contributed by atoms with E-state index in [1.807, 2.05) is 0 Å². The van der Waals surface area contributed by atoms with E-state index >= 15 is 0 Å². The lowest BCUT2D eigenvalue weighted by molar-refractivity contribution is -0.186. The third-order valence-electron chi connectivity index (χ3n) is 3.21. The van der Waals surface area contributed by atoms with Gasteiger partial charge in [0.15, 0.2) is 5.78 Å². The molecule has 1 saturated heterocycles. The van der Waals surface area contributed by atoms with E-state index in [-0.39, 0.29) is 12.5 Å². The Hall–Kier alpha value is -0.850. The molecule has 110 valence electrons. The fourth-order valence-corrected chi connectivity index (χ4v) is 2.43. The van der Waals surface area contributed by atoms with Crippen molar-refractivity contribution in [3.8, 4) is 0 Å². The summed E-state index contributed by atoms with van der Waals surface area (Å²) in [5.74, 6) is -8.21. The number of piperidine rings is 1. The fourth-order valence-electron chi connectivity index (χ4n) is 2.27. The zero-order valence-electron chi connectivity index (χ0n) is 10.2. The predicted octanol–water partition coefficient (Wildman–Crippen LogP) is 2.32. The molecule has 0 spiro atoms. The molecular formula is C11H14ClF4NO2. The molecule has 2 atom stereocenters. The molecule has 0 aromatic rings. The summed E-state index contributed by atoms with van der Waals surface area (Å²) in [7, 11) is 0. The number of alkyl halides is 5. The van der Waals surface area contributed by atoms with Gasteiger partial charge >= 0.3 is 12.3 Å². The smallest absolute Gasteiger partial charge is 0.327 e. The molecule has 0 bridgehead atoms. The number of carbonyl (C=O) groups excluding carboxylic acids is 2. The summed E-state index contributed by atoms with van der Waals surface area (Å²) < 4.78 is 50.6. The average molecular weight is 304 g/mol. The van der Waals surface area contributed by atoms with Crippen LogP contribution in [0.1, 0.15) is 19.8 Å². The summed E-state index contributed by atoms with van der Waals surface area (Å²) in [4.78, 5) is 23.7. The van der Waals surface area contributed by atoms with E-state index in [9.17, 15) is 27.2 Å². The number of nitrogens with zero attached hydrogens (tertiary/aromatic N) is 1. The number of likely N-dealkylation sites (tertiary alicyclic amines) is 1. The number of ketones is 1. The van der Waals surface area contributed by atoms with Gasteiger partial charge in [0.05, 0.1) is 11.9 Å². The minimum Gasteiger partial charge on any atom is -0.327 e. The topological polar surface area (TPSA) is 37.4 Å². The van der Waals surface area contributed by atoms with Crippen molar-refractivity contribution in [2.75, 3.05) is 12.4 Å². The van der Waals surface area contributed by atoms with E-state index in [1.54, 1.807) is 6.92 Å². The van der Waals surface area contributed by atoms with Gasteiger partial charge < -0.3 is 4.90 Å². The van der Waals surface area contributed by atoms with Crippen LogP contribution in [0.5, 0.6) is 0 Å². The second kappa shape index (κ2) is 6.07. The standard InChI is InChI=1S/C11H14ClF4NO2/c1-6-3-2-4-17(8(6)7(18)5-12)10(19)11(15,16)9(13)14/h6,8-9H,2-5H2,1H3. The lowest BCUT2D eigenvalue weighted by Crippen LogP contribution is -2.58. The molecule has 1 heterocycles. The van der Waals surface area contributed by atoms with Gasteiger partial charge in [-0.05, 0) is 18.8 Å². The summed E-state index contributed by atoms with van der Waals surface area (Å²) in [6, 6.07) is -1.15. The van der Waals surface area contributed by atoms with Gasteiger partial charge in [-0.3, -0.25) is 9.59 Å². The van der Waals surface area contributed by atoms with Crippen LogP contribution in [0.3, 0.4) is 0 Å². The number of carbonyl (C=O) groups is 2. The number of Topliss-reactive ketones (excluding diaryl/α,β-unsaturated/α-hetero) is 1. The Labute approximate surface area is 112 Å². The van der Waals surface area contributed by atoms with Crippen LogP contribution in [0, 0.1) is 5.92 Å². The highest BCUT2D eigenvalue weighted by Crippen LogP contribution is 2.31. The third kappa shape index (κ3) is 3.19. The zero-order chi connectivity index (χ0) is 14.8. The van der Waals surface area contributed by atoms with Gasteiger partial charge in [-0.25, -0.2) is 8.78 Å². The number of hydrogen-bond donors (Lipinski definition) is 0. The van der Waals surface area contributed by atoms with E-state index in [2.05, 4.69) is 0 Å². The summed E-state index contributed by atoms with van der Waals surface area (Å²) in [6.07, 6.45) is -3.15. The Kier molecular flexibility index (Phi) is 5.18. The minimum atomic E-state index is -4.78. The number of amides is 1. The summed E-state index contributed by atoms with van der Waals surface area (Å²) in [5.41, 5.74) is 0. The van der Waals surface area contributed by atoms with Crippen molar-refractivity contribution >= 4 is 23.3 Å². The van der Waals surface area contributed by atoms with Crippen molar-refractivity contribution in [1.82, 2.24) is 4.90 Å². The molecular weight excluding hydrogens is 290 g/mol. The van der Waals surface area contributed by atoms with Crippen molar-refractivity contribution in [2.24, 2.45) is 5.92 Å². The van der Waals surface area contributed by atoms with Crippen molar-refractivity contribution < 1.29 is 27.2 Å². The average Bonchev–Trinajstić information content (AvgIpc) is 2.36. The van der Waals surface area contributed by atoms with E-state index < -0.39 is 36.0 Å². The van der Waals surface area contributed by atoms with Gasteiger partial charge in [0.2, 0.25) is 0 Å². The van der Waals surface area contributed by atoms with Gasteiger partial charge in [-0.2, -0.15) is 8.78 Å². The normalized spacial score (nSPS) is 24.7. The molecule has 1 rings (SSSR count). The molecule has 0 aromatic carbocycles. The van der Waals surface area contributed by atoms with Gasteiger partial charge in [0, 0.05) is 6.54 Å². The van der Waals surface area contributed by atoms with E-state index in [0.29, 0.717) is 17.7 Å². The van der Waals surface area contributed by atoms with Crippen LogP contribution >= 0.6 is 11.6 Å². The van der Waals surface area contributed by atoms with Crippen LogP contribution < -0.4 is 0 Å². The van der Waals surface area contributed by atoms with Gasteiger partial charge in [0.1, 0.15) is 0 Å². The van der Waals surface area contributed by atoms with Crippen LogP contribution in [0.2, 0.25) is 0 Å².